The zero-order valence-electron chi connectivity index (χ0n) is 13.0. The van der Waals surface area contributed by atoms with E-state index in [9.17, 15) is 4.79 Å². The smallest absolute Gasteiger partial charge is 0.277 e. The van der Waals surface area contributed by atoms with Gasteiger partial charge in [-0.05, 0) is 35.9 Å². The van der Waals surface area contributed by atoms with E-state index in [2.05, 4.69) is 26.5 Å². The molecule has 23 heavy (non-hydrogen) atoms. The summed E-state index contributed by atoms with van der Waals surface area (Å²) in [7, 11) is 3.96. The molecular weight excluding hydrogens is 358 g/mol. The molecule has 1 amide bonds. The minimum Gasteiger partial charge on any atom is -0.484 e. The van der Waals surface area contributed by atoms with Crippen LogP contribution < -0.4 is 15.1 Å². The summed E-state index contributed by atoms with van der Waals surface area (Å²) in [6, 6.07) is 15.1. The molecule has 120 valence electrons. The van der Waals surface area contributed by atoms with Gasteiger partial charge >= 0.3 is 0 Å². The lowest BCUT2D eigenvalue weighted by molar-refractivity contribution is -0.123. The van der Waals surface area contributed by atoms with Gasteiger partial charge in [0, 0.05) is 24.3 Å². The zero-order chi connectivity index (χ0) is 16.7. The minimum absolute atomic E-state index is 0.0899. The van der Waals surface area contributed by atoms with Gasteiger partial charge < -0.3 is 9.64 Å². The molecule has 0 atom stereocenters. The number of ether oxygens (including phenoxy) is 1. The van der Waals surface area contributed by atoms with Crippen LogP contribution in [0.3, 0.4) is 0 Å². The summed E-state index contributed by atoms with van der Waals surface area (Å²) in [5.41, 5.74) is 4.45. The number of nitrogens with zero attached hydrogens (tertiary/aromatic N) is 2. The van der Waals surface area contributed by atoms with Gasteiger partial charge in [-0.25, -0.2) is 5.43 Å². The molecule has 6 heteroatoms. The van der Waals surface area contributed by atoms with Gasteiger partial charge in [0.25, 0.3) is 5.91 Å². The summed E-state index contributed by atoms with van der Waals surface area (Å²) in [5.74, 6) is 0.309. The highest BCUT2D eigenvalue weighted by Crippen LogP contribution is 2.17. The second-order valence-corrected chi connectivity index (χ2v) is 5.94. The van der Waals surface area contributed by atoms with Crippen LogP contribution in [0, 0.1) is 0 Å². The van der Waals surface area contributed by atoms with Crippen molar-refractivity contribution in [3.63, 3.8) is 0 Å². The number of nitrogens with one attached hydrogen (secondary N) is 1. The third-order valence-corrected chi connectivity index (χ3v) is 3.47. The Morgan fingerprint density at radius 1 is 1.26 bits per heavy atom. The van der Waals surface area contributed by atoms with Gasteiger partial charge in [0.2, 0.25) is 0 Å². The van der Waals surface area contributed by atoms with E-state index in [1.807, 2.05) is 55.4 Å². The first-order valence-corrected chi connectivity index (χ1v) is 7.81. The number of hydrogen-bond acceptors (Lipinski definition) is 4. The van der Waals surface area contributed by atoms with Crippen LogP contribution in [0.25, 0.3) is 0 Å². The molecule has 0 bridgehead atoms. The van der Waals surface area contributed by atoms with Gasteiger partial charge in [-0.1, -0.05) is 34.1 Å². The fourth-order valence-electron chi connectivity index (χ4n) is 1.78. The second kappa shape index (κ2) is 8.33. The van der Waals surface area contributed by atoms with Crippen molar-refractivity contribution in [1.29, 1.82) is 0 Å². The maximum atomic E-state index is 11.7. The number of carbonyl (C=O) groups is 1. The van der Waals surface area contributed by atoms with Crippen molar-refractivity contribution in [3.8, 4) is 5.75 Å². The fraction of sp³-hybridized carbons (Fsp3) is 0.176. The Morgan fingerprint density at radius 2 is 2.00 bits per heavy atom. The van der Waals surface area contributed by atoms with Crippen LogP contribution in [0.5, 0.6) is 5.75 Å². The molecule has 0 heterocycles. The number of anilines is 1. The number of hydrogen-bond donors (Lipinski definition) is 1. The zero-order valence-corrected chi connectivity index (χ0v) is 14.6. The van der Waals surface area contributed by atoms with E-state index >= 15 is 0 Å². The van der Waals surface area contributed by atoms with E-state index in [0.717, 1.165) is 15.7 Å². The summed E-state index contributed by atoms with van der Waals surface area (Å²) in [5, 5.41) is 3.92. The highest BCUT2D eigenvalue weighted by atomic mass is 79.9. The van der Waals surface area contributed by atoms with Crippen molar-refractivity contribution < 1.29 is 9.53 Å². The normalized spacial score (nSPS) is 10.6. The van der Waals surface area contributed by atoms with Crippen LogP contribution in [-0.4, -0.2) is 32.8 Å². The summed E-state index contributed by atoms with van der Waals surface area (Å²) in [6.07, 6.45) is 1.59. The Kier molecular flexibility index (Phi) is 6.17. The molecule has 0 fully saturated rings. The second-order valence-electron chi connectivity index (χ2n) is 5.03. The standard InChI is InChI=1S/C17H18BrN3O2/c1-21(2)15-8-6-13(7-9-15)11-19-20-17(22)12-23-16-5-3-4-14(18)10-16/h3-11H,12H2,1-2H3,(H,20,22)/b19-11-. The molecule has 2 aromatic rings. The molecule has 0 unspecified atom stereocenters. The lowest BCUT2D eigenvalue weighted by atomic mass is 10.2. The van der Waals surface area contributed by atoms with Crippen molar-refractivity contribution in [2.45, 2.75) is 0 Å². The largest absolute Gasteiger partial charge is 0.484 e. The lowest BCUT2D eigenvalue weighted by Gasteiger charge is -2.11. The summed E-state index contributed by atoms with van der Waals surface area (Å²) in [4.78, 5) is 13.7. The number of rotatable bonds is 6. The van der Waals surface area contributed by atoms with Gasteiger partial charge in [-0.3, -0.25) is 4.79 Å². The average Bonchev–Trinajstić information content (AvgIpc) is 2.53. The minimum atomic E-state index is -0.314. The summed E-state index contributed by atoms with van der Waals surface area (Å²) >= 11 is 3.34. The topological polar surface area (TPSA) is 53.9 Å². The maximum absolute atomic E-state index is 11.7. The van der Waals surface area contributed by atoms with E-state index in [1.54, 1.807) is 18.3 Å². The van der Waals surface area contributed by atoms with Crippen molar-refractivity contribution in [3.05, 3.63) is 58.6 Å². The average molecular weight is 376 g/mol. The van der Waals surface area contributed by atoms with E-state index in [1.165, 1.54) is 0 Å². The number of amides is 1. The molecule has 0 spiro atoms. The molecule has 0 aromatic heterocycles. The Balaban J connectivity index is 1.79. The number of carbonyl (C=O) groups excluding carboxylic acids is 1. The van der Waals surface area contributed by atoms with Crippen LogP contribution in [0.4, 0.5) is 5.69 Å². The van der Waals surface area contributed by atoms with Gasteiger partial charge in [-0.2, -0.15) is 5.10 Å². The quantitative estimate of drug-likeness (QED) is 0.623. The van der Waals surface area contributed by atoms with E-state index in [-0.39, 0.29) is 12.5 Å². The Hall–Kier alpha value is -2.34. The third-order valence-electron chi connectivity index (χ3n) is 2.98. The molecule has 2 rings (SSSR count). The predicted molar refractivity (Wildman–Crippen MR) is 96.1 cm³/mol. The monoisotopic (exact) mass is 375 g/mol. The van der Waals surface area contributed by atoms with E-state index in [0.29, 0.717) is 5.75 Å². The third kappa shape index (κ3) is 5.75. The summed E-state index contributed by atoms with van der Waals surface area (Å²) in [6.45, 7) is -0.0899. The Bertz CT molecular complexity index is 684. The van der Waals surface area contributed by atoms with Crippen molar-refractivity contribution in [1.82, 2.24) is 5.43 Å². The molecular formula is C17H18BrN3O2. The van der Waals surface area contributed by atoms with Crippen LogP contribution >= 0.6 is 15.9 Å². The predicted octanol–water partition coefficient (Wildman–Crippen LogP) is 3.04. The first kappa shape index (κ1) is 17.0. The SMILES string of the molecule is CN(C)c1ccc(/C=N\NC(=O)COc2cccc(Br)c2)cc1. The molecule has 5 nitrogen and oxygen atoms in total. The molecule has 1 N–H and O–H groups in total. The van der Waals surface area contributed by atoms with Crippen molar-refractivity contribution >= 4 is 33.7 Å². The Labute approximate surface area is 144 Å². The highest BCUT2D eigenvalue weighted by molar-refractivity contribution is 9.10. The Morgan fingerprint density at radius 3 is 2.65 bits per heavy atom. The molecule has 0 aliphatic rings. The van der Waals surface area contributed by atoms with Gasteiger partial charge in [0.15, 0.2) is 6.61 Å². The fourth-order valence-corrected chi connectivity index (χ4v) is 2.15. The number of hydrazone groups is 1. The summed E-state index contributed by atoms with van der Waals surface area (Å²) < 4.78 is 6.27. The molecule has 0 aliphatic heterocycles. The molecule has 0 radical (unpaired) electrons. The van der Waals surface area contributed by atoms with Gasteiger partial charge in [-0.15, -0.1) is 0 Å². The van der Waals surface area contributed by atoms with Crippen LogP contribution in [-0.2, 0) is 4.79 Å². The van der Waals surface area contributed by atoms with Crippen LogP contribution in [0.15, 0.2) is 58.1 Å². The first-order chi connectivity index (χ1) is 11.0. The first-order valence-electron chi connectivity index (χ1n) is 7.02. The maximum Gasteiger partial charge on any atom is 0.277 e. The van der Waals surface area contributed by atoms with Gasteiger partial charge in [0.05, 0.1) is 6.21 Å². The molecule has 2 aromatic carbocycles. The van der Waals surface area contributed by atoms with Crippen molar-refractivity contribution in [2.24, 2.45) is 5.10 Å². The molecule has 0 saturated heterocycles. The lowest BCUT2D eigenvalue weighted by Crippen LogP contribution is -2.24. The van der Waals surface area contributed by atoms with Crippen LogP contribution in [0.2, 0.25) is 0 Å². The molecule has 0 aliphatic carbocycles. The van der Waals surface area contributed by atoms with Gasteiger partial charge in [0.1, 0.15) is 5.75 Å². The van der Waals surface area contributed by atoms with E-state index < -0.39 is 0 Å². The van der Waals surface area contributed by atoms with E-state index in [4.69, 9.17) is 4.74 Å². The van der Waals surface area contributed by atoms with Crippen molar-refractivity contribution in [2.75, 3.05) is 25.6 Å². The number of halogens is 1. The van der Waals surface area contributed by atoms with Crippen LogP contribution in [0.1, 0.15) is 5.56 Å². The molecule has 0 saturated carbocycles. The number of benzene rings is 2. The highest BCUT2D eigenvalue weighted by Gasteiger charge is 2.01.